The minimum Gasteiger partial charge on any atom is -0.440 e. The highest BCUT2D eigenvalue weighted by Gasteiger charge is 2.48. The molecule has 8 rings (SSSR count). The third-order valence-electron chi connectivity index (χ3n) is 9.55. The van der Waals surface area contributed by atoms with Crippen LogP contribution in [-0.2, 0) is 9.59 Å². The maximum absolute atomic E-state index is 13.7. The highest BCUT2D eigenvalue weighted by atomic mass is 35.5. The number of pyridine rings is 1. The minimum absolute atomic E-state index is 0.0574. The van der Waals surface area contributed by atoms with Gasteiger partial charge in [-0.2, -0.15) is 0 Å². The van der Waals surface area contributed by atoms with Crippen molar-refractivity contribution in [2.75, 3.05) is 33.5 Å². The molecule has 0 saturated carbocycles. The molecule has 0 spiro atoms. The van der Waals surface area contributed by atoms with Gasteiger partial charge in [0.15, 0.2) is 22.5 Å². The van der Waals surface area contributed by atoms with Crippen LogP contribution in [-0.4, -0.2) is 75.6 Å². The van der Waals surface area contributed by atoms with E-state index in [1.807, 2.05) is 0 Å². The Balaban J connectivity index is 0.000000169. The summed E-state index contributed by atoms with van der Waals surface area (Å²) in [6.07, 6.45) is 6.19. The van der Waals surface area contributed by atoms with Crippen LogP contribution in [0.1, 0.15) is 59.6 Å². The van der Waals surface area contributed by atoms with Gasteiger partial charge in [-0.15, -0.1) is 0 Å². The summed E-state index contributed by atoms with van der Waals surface area (Å²) in [5.41, 5.74) is 0.913. The van der Waals surface area contributed by atoms with Crippen molar-refractivity contribution >= 4 is 93.2 Å². The molecule has 0 radical (unpaired) electrons. The fraction of sp³-hybridized carbons (Fsp3) is 0.270. The van der Waals surface area contributed by atoms with Gasteiger partial charge in [-0.1, -0.05) is 23.2 Å². The van der Waals surface area contributed by atoms with E-state index in [9.17, 15) is 33.2 Å². The lowest BCUT2D eigenvalue weighted by atomic mass is 10.0. The van der Waals surface area contributed by atoms with Gasteiger partial charge in [0.25, 0.3) is 23.6 Å². The predicted octanol–water partition coefficient (Wildman–Crippen LogP) is 7.61. The fourth-order valence-electron chi connectivity index (χ4n) is 6.93. The van der Waals surface area contributed by atoms with Crippen molar-refractivity contribution in [2.45, 2.75) is 50.6 Å². The number of urea groups is 2. The molecule has 4 aliphatic rings. The molecule has 2 N–H and O–H groups in total. The van der Waals surface area contributed by atoms with Crippen LogP contribution in [0.25, 0.3) is 0 Å². The summed E-state index contributed by atoms with van der Waals surface area (Å²) >= 11 is 18.3. The number of fused-ring (bicyclic) bond motifs is 2. The van der Waals surface area contributed by atoms with Crippen molar-refractivity contribution in [3.05, 3.63) is 99.4 Å². The van der Waals surface area contributed by atoms with E-state index in [4.69, 9.17) is 39.2 Å². The summed E-state index contributed by atoms with van der Waals surface area (Å²) in [6, 6.07) is 12.8. The molecular formula is C37H31Cl3FN7O7. The summed E-state index contributed by atoms with van der Waals surface area (Å²) in [4.78, 5) is 84.0. The Morgan fingerprint density at radius 1 is 0.709 bits per heavy atom. The largest absolute Gasteiger partial charge is 0.440 e. The lowest BCUT2D eigenvalue weighted by Gasteiger charge is -2.26. The topological polar surface area (TPSA) is 165 Å². The Morgan fingerprint density at radius 3 is 1.69 bits per heavy atom. The van der Waals surface area contributed by atoms with Gasteiger partial charge >= 0.3 is 12.1 Å². The number of nitrogens with one attached hydrogen (secondary N) is 2. The van der Waals surface area contributed by atoms with Gasteiger partial charge in [0.1, 0.15) is 12.1 Å². The molecule has 284 valence electrons. The zero-order valence-electron chi connectivity index (χ0n) is 28.8. The second-order valence-electron chi connectivity index (χ2n) is 13.0. The maximum atomic E-state index is 13.7. The summed E-state index contributed by atoms with van der Waals surface area (Å²) in [7, 11) is 0. The molecule has 18 heteroatoms. The van der Waals surface area contributed by atoms with E-state index in [1.54, 1.807) is 21.9 Å². The number of rotatable bonds is 6. The van der Waals surface area contributed by atoms with Gasteiger partial charge in [-0.3, -0.25) is 19.2 Å². The molecule has 4 aromatic rings. The van der Waals surface area contributed by atoms with Crippen molar-refractivity contribution in [1.29, 1.82) is 0 Å². The van der Waals surface area contributed by atoms with Gasteiger partial charge in [0, 0.05) is 30.7 Å². The molecule has 2 atom stereocenters. The Bertz CT molecular complexity index is 2190. The number of furan rings is 1. The van der Waals surface area contributed by atoms with E-state index in [0.29, 0.717) is 43.0 Å². The van der Waals surface area contributed by atoms with E-state index < -0.39 is 29.7 Å². The van der Waals surface area contributed by atoms with Crippen molar-refractivity contribution in [3.63, 3.8) is 0 Å². The monoisotopic (exact) mass is 809 g/mol. The van der Waals surface area contributed by atoms with Crippen LogP contribution in [0.5, 0.6) is 0 Å². The molecule has 4 fully saturated rings. The second kappa shape index (κ2) is 15.7. The molecule has 4 aliphatic heterocycles. The van der Waals surface area contributed by atoms with Gasteiger partial charge in [0.05, 0.1) is 21.4 Å². The number of aromatic nitrogens is 1. The van der Waals surface area contributed by atoms with Gasteiger partial charge in [0.2, 0.25) is 0 Å². The number of nitrogens with zero attached hydrogens (tertiary/aromatic N) is 5. The lowest BCUT2D eigenvalue weighted by Crippen LogP contribution is -2.39. The third kappa shape index (κ3) is 7.46. The summed E-state index contributed by atoms with van der Waals surface area (Å²) in [5.74, 6) is -2.46. The summed E-state index contributed by atoms with van der Waals surface area (Å²) in [5, 5.41) is 5.55. The first-order valence-electron chi connectivity index (χ1n) is 17.3. The molecule has 2 aromatic heterocycles. The molecule has 8 amide bonds. The van der Waals surface area contributed by atoms with E-state index in [1.165, 1.54) is 48.7 Å². The molecule has 4 saturated heterocycles. The number of amides is 8. The average molecular weight is 811 g/mol. The van der Waals surface area contributed by atoms with Crippen LogP contribution < -0.4 is 20.4 Å². The van der Waals surface area contributed by atoms with Crippen molar-refractivity contribution < 1.29 is 37.6 Å². The van der Waals surface area contributed by atoms with Crippen LogP contribution in [0.3, 0.4) is 0 Å². The van der Waals surface area contributed by atoms with Crippen molar-refractivity contribution in [3.8, 4) is 0 Å². The molecule has 2 unspecified atom stereocenters. The van der Waals surface area contributed by atoms with E-state index in [0.717, 1.165) is 41.5 Å². The van der Waals surface area contributed by atoms with Crippen LogP contribution in [0, 0.1) is 5.82 Å². The Labute approximate surface area is 328 Å². The van der Waals surface area contributed by atoms with E-state index >= 15 is 0 Å². The molecular weight excluding hydrogens is 780 g/mol. The molecule has 0 aliphatic carbocycles. The van der Waals surface area contributed by atoms with Crippen molar-refractivity contribution in [2.24, 2.45) is 0 Å². The SMILES string of the molecule is O=C(Nc1ccc(N2C(=O)C3CCCCN3C2=O)c(Cl)c1)c1ccc(Cl)o1.O=C(Nc1ccc(N2C(=O)C3CCCCN3C2=O)c(Cl)c1)c1ncccc1F. The standard InChI is InChI=1S/C19H16ClFN4O3.C18H15Cl2N3O4/c20-12-10-11(23-17(26)16-13(21)4-3-8-22-16)6-7-14(12)25-18(27)15-5-1-2-9-24(15)19(25)28;19-11-9-10(21-16(24)14-6-7-15(20)27-14)4-5-12(11)23-17(25)13-3-1-2-8-22(13)18(23)26/h3-4,6-8,10,15H,1-2,5,9H2,(H,23,26);4-7,9,13H,1-3,8H2,(H,21,24). The molecule has 6 heterocycles. The number of piperidine rings is 2. The van der Waals surface area contributed by atoms with Crippen LogP contribution in [0.15, 0.2) is 71.3 Å². The first-order valence-corrected chi connectivity index (χ1v) is 18.4. The van der Waals surface area contributed by atoms with Crippen LogP contribution >= 0.6 is 34.8 Å². The van der Waals surface area contributed by atoms with Crippen LogP contribution in [0.4, 0.5) is 36.7 Å². The summed E-state index contributed by atoms with van der Waals surface area (Å²) < 4.78 is 18.7. The first-order chi connectivity index (χ1) is 26.4. The number of halogens is 4. The Hall–Kier alpha value is -5.51. The van der Waals surface area contributed by atoms with Crippen LogP contribution in [0.2, 0.25) is 15.3 Å². The van der Waals surface area contributed by atoms with Gasteiger partial charge in [-0.05, 0) is 111 Å². The second-order valence-corrected chi connectivity index (χ2v) is 14.2. The highest BCUT2D eigenvalue weighted by Crippen LogP contribution is 2.37. The van der Waals surface area contributed by atoms with Gasteiger partial charge in [-0.25, -0.2) is 28.8 Å². The lowest BCUT2D eigenvalue weighted by molar-refractivity contribution is -0.121. The first kappa shape index (κ1) is 37.8. The van der Waals surface area contributed by atoms with E-state index in [-0.39, 0.29) is 56.3 Å². The average Bonchev–Trinajstić information content (AvgIpc) is 3.80. The van der Waals surface area contributed by atoms with Crippen molar-refractivity contribution in [1.82, 2.24) is 14.8 Å². The Morgan fingerprint density at radius 2 is 1.24 bits per heavy atom. The molecule has 14 nitrogen and oxygen atoms in total. The third-order valence-corrected chi connectivity index (χ3v) is 10.4. The number of imide groups is 2. The number of anilines is 4. The number of hydrogen-bond donors (Lipinski definition) is 2. The number of carbonyl (C=O) groups excluding carboxylic acids is 6. The summed E-state index contributed by atoms with van der Waals surface area (Å²) in [6.45, 7) is 1.12. The van der Waals surface area contributed by atoms with E-state index in [2.05, 4.69) is 15.6 Å². The molecule has 2 aromatic carbocycles. The number of hydrogen-bond acceptors (Lipinski definition) is 8. The highest BCUT2D eigenvalue weighted by molar-refractivity contribution is 6.37. The zero-order valence-corrected chi connectivity index (χ0v) is 31.0. The molecule has 55 heavy (non-hydrogen) atoms. The number of carbonyl (C=O) groups is 6. The number of benzene rings is 2. The maximum Gasteiger partial charge on any atom is 0.332 e. The Kier molecular flexibility index (Phi) is 10.8. The fourth-order valence-corrected chi connectivity index (χ4v) is 7.60. The zero-order chi connectivity index (χ0) is 39.0. The smallest absolute Gasteiger partial charge is 0.332 e. The quantitative estimate of drug-likeness (QED) is 0.188. The van der Waals surface area contributed by atoms with Gasteiger partial charge < -0.3 is 24.9 Å². The normalized spacial score (nSPS) is 19.2. The molecule has 0 bridgehead atoms. The minimum atomic E-state index is -0.743. The predicted molar refractivity (Wildman–Crippen MR) is 201 cm³/mol.